The van der Waals surface area contributed by atoms with E-state index in [9.17, 15) is 9.59 Å². The summed E-state index contributed by atoms with van der Waals surface area (Å²) >= 11 is 5.86. The van der Waals surface area contributed by atoms with Crippen LogP contribution in [0.4, 0.5) is 0 Å². The molecule has 0 radical (unpaired) electrons. The van der Waals surface area contributed by atoms with Crippen LogP contribution in [0, 0.1) is 0 Å². The van der Waals surface area contributed by atoms with Gasteiger partial charge in [0.15, 0.2) is 0 Å². The highest BCUT2D eigenvalue weighted by Gasteiger charge is 2.13. The smallest absolute Gasteiger partial charge is 0.343 e. The zero-order chi connectivity index (χ0) is 21.6. The second-order valence-corrected chi connectivity index (χ2v) is 7.10. The summed E-state index contributed by atoms with van der Waals surface area (Å²) in [5.41, 5.74) is 3.94. The maximum Gasteiger partial charge on any atom is 0.343 e. The highest BCUT2D eigenvalue weighted by Crippen LogP contribution is 2.27. The minimum atomic E-state index is -0.476. The Kier molecular flexibility index (Phi) is 6.05. The van der Waals surface area contributed by atoms with E-state index in [-0.39, 0.29) is 5.91 Å². The fourth-order valence-electron chi connectivity index (χ4n) is 3.05. The molecule has 1 amide bonds. The summed E-state index contributed by atoms with van der Waals surface area (Å²) in [4.78, 5) is 24.9. The molecule has 0 bridgehead atoms. The van der Waals surface area contributed by atoms with Gasteiger partial charge >= 0.3 is 5.97 Å². The van der Waals surface area contributed by atoms with Crippen molar-refractivity contribution in [3.63, 3.8) is 0 Å². The Morgan fingerprint density at radius 2 is 1.52 bits per heavy atom. The van der Waals surface area contributed by atoms with E-state index in [2.05, 4.69) is 10.5 Å². The number of hydrogen-bond donors (Lipinski definition) is 1. The van der Waals surface area contributed by atoms with Crippen LogP contribution in [0.2, 0.25) is 5.02 Å². The quantitative estimate of drug-likeness (QED) is 0.198. The van der Waals surface area contributed by atoms with E-state index in [0.29, 0.717) is 27.5 Å². The van der Waals surface area contributed by atoms with Crippen LogP contribution in [0.1, 0.15) is 26.3 Å². The number of nitrogens with one attached hydrogen (secondary N) is 1. The average Bonchev–Trinajstić information content (AvgIpc) is 2.81. The molecule has 4 aromatic rings. The van der Waals surface area contributed by atoms with Crippen molar-refractivity contribution in [3.05, 3.63) is 113 Å². The molecular formula is C25H17ClN2O3. The maximum absolute atomic E-state index is 12.5. The first-order valence-corrected chi connectivity index (χ1v) is 9.87. The standard InChI is InChI=1S/C25H17ClN2O3/c26-20-13-10-18(11-14-20)24(29)28-27-16-22-21-9-5-4-6-17(21)12-15-23(22)31-25(30)19-7-2-1-3-8-19/h1-16H,(H,28,29). The maximum atomic E-state index is 12.5. The van der Waals surface area contributed by atoms with Gasteiger partial charge in [0, 0.05) is 16.1 Å². The first-order chi connectivity index (χ1) is 15.1. The summed E-state index contributed by atoms with van der Waals surface area (Å²) < 4.78 is 5.64. The van der Waals surface area contributed by atoms with Crippen LogP contribution in [-0.2, 0) is 0 Å². The van der Waals surface area contributed by atoms with Crippen LogP contribution in [0.5, 0.6) is 5.75 Å². The van der Waals surface area contributed by atoms with E-state index in [0.717, 1.165) is 10.8 Å². The van der Waals surface area contributed by atoms with Gasteiger partial charge in [-0.1, -0.05) is 60.1 Å². The lowest BCUT2D eigenvalue weighted by molar-refractivity contribution is 0.0734. The number of rotatable bonds is 5. The van der Waals surface area contributed by atoms with Crippen molar-refractivity contribution in [3.8, 4) is 5.75 Å². The molecule has 0 unspecified atom stereocenters. The van der Waals surface area contributed by atoms with Gasteiger partial charge in [0.1, 0.15) is 5.75 Å². The lowest BCUT2D eigenvalue weighted by Crippen LogP contribution is -2.17. The second kappa shape index (κ2) is 9.24. The normalized spacial score (nSPS) is 10.9. The van der Waals surface area contributed by atoms with Crippen molar-refractivity contribution < 1.29 is 14.3 Å². The molecule has 0 heterocycles. The summed E-state index contributed by atoms with van der Waals surface area (Å²) in [6.45, 7) is 0. The Hall–Kier alpha value is -3.96. The van der Waals surface area contributed by atoms with Crippen LogP contribution >= 0.6 is 11.6 Å². The zero-order valence-corrected chi connectivity index (χ0v) is 17.0. The highest BCUT2D eigenvalue weighted by atomic mass is 35.5. The van der Waals surface area contributed by atoms with Gasteiger partial charge in [0.05, 0.1) is 11.8 Å². The molecule has 0 aliphatic heterocycles. The highest BCUT2D eigenvalue weighted by molar-refractivity contribution is 6.30. The van der Waals surface area contributed by atoms with Crippen LogP contribution in [0.25, 0.3) is 10.8 Å². The number of fused-ring (bicyclic) bond motifs is 1. The molecular weight excluding hydrogens is 412 g/mol. The third-order valence-electron chi connectivity index (χ3n) is 4.61. The van der Waals surface area contributed by atoms with Crippen molar-refractivity contribution >= 4 is 40.5 Å². The molecule has 4 aromatic carbocycles. The summed E-state index contributed by atoms with van der Waals surface area (Å²) in [6, 6.07) is 26.4. The van der Waals surface area contributed by atoms with Gasteiger partial charge in [-0.25, -0.2) is 10.2 Å². The monoisotopic (exact) mass is 428 g/mol. The van der Waals surface area contributed by atoms with Gasteiger partial charge in [0.2, 0.25) is 0 Å². The number of halogens is 1. The molecule has 152 valence electrons. The summed E-state index contributed by atoms with van der Waals surface area (Å²) in [7, 11) is 0. The van der Waals surface area contributed by atoms with Gasteiger partial charge in [-0.05, 0) is 53.2 Å². The van der Waals surface area contributed by atoms with Crippen molar-refractivity contribution in [1.82, 2.24) is 5.43 Å². The number of carbonyl (C=O) groups excluding carboxylic acids is 2. The predicted molar refractivity (Wildman–Crippen MR) is 122 cm³/mol. The SMILES string of the molecule is O=C(NN=Cc1c(OC(=O)c2ccccc2)ccc2ccccc12)c1ccc(Cl)cc1. The van der Waals surface area contributed by atoms with Gasteiger partial charge in [-0.15, -0.1) is 0 Å². The molecule has 0 saturated heterocycles. The molecule has 1 N–H and O–H groups in total. The Balaban J connectivity index is 1.62. The zero-order valence-electron chi connectivity index (χ0n) is 16.3. The van der Waals surface area contributed by atoms with E-state index in [4.69, 9.17) is 16.3 Å². The van der Waals surface area contributed by atoms with Gasteiger partial charge in [0.25, 0.3) is 5.91 Å². The Labute approximate surface area is 183 Å². The Bertz CT molecular complexity index is 1270. The van der Waals surface area contributed by atoms with E-state index < -0.39 is 5.97 Å². The molecule has 4 rings (SSSR count). The molecule has 0 spiro atoms. The molecule has 5 nitrogen and oxygen atoms in total. The number of hydrazone groups is 1. The number of ether oxygens (including phenoxy) is 1. The van der Waals surface area contributed by atoms with Gasteiger partial charge in [-0.3, -0.25) is 4.79 Å². The first kappa shape index (κ1) is 20.3. The summed E-state index contributed by atoms with van der Waals surface area (Å²) in [5, 5.41) is 6.41. The molecule has 0 atom stereocenters. The first-order valence-electron chi connectivity index (χ1n) is 9.50. The fourth-order valence-corrected chi connectivity index (χ4v) is 3.18. The average molecular weight is 429 g/mol. The van der Waals surface area contributed by atoms with Crippen LogP contribution in [0.3, 0.4) is 0 Å². The third-order valence-corrected chi connectivity index (χ3v) is 4.86. The largest absolute Gasteiger partial charge is 0.422 e. The topological polar surface area (TPSA) is 67.8 Å². The molecule has 0 saturated carbocycles. The Morgan fingerprint density at radius 1 is 0.806 bits per heavy atom. The van der Waals surface area contributed by atoms with Crippen molar-refractivity contribution in [2.75, 3.05) is 0 Å². The number of nitrogens with zero attached hydrogens (tertiary/aromatic N) is 1. The molecule has 0 fully saturated rings. The fraction of sp³-hybridized carbons (Fsp3) is 0. The molecule has 6 heteroatoms. The van der Waals surface area contributed by atoms with Gasteiger partial charge < -0.3 is 4.74 Å². The van der Waals surface area contributed by atoms with E-state index in [1.54, 1.807) is 54.6 Å². The predicted octanol–water partition coefficient (Wildman–Crippen LogP) is 5.48. The lowest BCUT2D eigenvalue weighted by Gasteiger charge is -2.10. The summed E-state index contributed by atoms with van der Waals surface area (Å²) in [6.07, 6.45) is 1.48. The van der Waals surface area contributed by atoms with Crippen LogP contribution in [-0.4, -0.2) is 18.1 Å². The number of carbonyl (C=O) groups is 2. The van der Waals surface area contributed by atoms with Gasteiger partial charge in [-0.2, -0.15) is 5.10 Å². The summed E-state index contributed by atoms with van der Waals surface area (Å²) in [5.74, 6) is -0.510. The number of benzene rings is 4. The number of hydrogen-bond acceptors (Lipinski definition) is 4. The molecule has 31 heavy (non-hydrogen) atoms. The minimum absolute atomic E-state index is 0.344. The number of esters is 1. The lowest BCUT2D eigenvalue weighted by atomic mass is 10.0. The van der Waals surface area contributed by atoms with Crippen LogP contribution in [0.15, 0.2) is 96.1 Å². The molecule has 0 aliphatic carbocycles. The third kappa shape index (κ3) is 4.79. The van der Waals surface area contributed by atoms with E-state index in [1.807, 2.05) is 36.4 Å². The van der Waals surface area contributed by atoms with Crippen LogP contribution < -0.4 is 10.2 Å². The van der Waals surface area contributed by atoms with E-state index >= 15 is 0 Å². The van der Waals surface area contributed by atoms with Crippen molar-refractivity contribution in [2.24, 2.45) is 5.10 Å². The van der Waals surface area contributed by atoms with Crippen molar-refractivity contribution in [2.45, 2.75) is 0 Å². The number of amides is 1. The second-order valence-electron chi connectivity index (χ2n) is 6.66. The van der Waals surface area contributed by atoms with Crippen molar-refractivity contribution in [1.29, 1.82) is 0 Å². The Morgan fingerprint density at radius 3 is 2.29 bits per heavy atom. The molecule has 0 aromatic heterocycles. The minimum Gasteiger partial charge on any atom is -0.422 e. The van der Waals surface area contributed by atoms with E-state index in [1.165, 1.54) is 6.21 Å². The molecule has 0 aliphatic rings.